The summed E-state index contributed by atoms with van der Waals surface area (Å²) in [5.41, 5.74) is 6.18. The molecule has 1 aromatic heterocycles. The summed E-state index contributed by atoms with van der Waals surface area (Å²) in [6.07, 6.45) is 6.32. The minimum Gasteiger partial charge on any atom is -0.364 e. The van der Waals surface area contributed by atoms with Crippen molar-refractivity contribution in [3.8, 4) is 0 Å². The Morgan fingerprint density at radius 2 is 2.13 bits per heavy atom. The molecule has 0 saturated heterocycles. The zero-order chi connectivity index (χ0) is 22.4. The molecular weight excluding hydrogens is 523 g/mol. The molecule has 2 amide bonds. The number of nitrogens with one attached hydrogen (secondary N) is 2. The summed E-state index contributed by atoms with van der Waals surface area (Å²) in [5.74, 6) is -0.743. The van der Waals surface area contributed by atoms with E-state index in [-0.39, 0.29) is 18.0 Å². The second kappa shape index (κ2) is 10.1. The zero-order valence-electron chi connectivity index (χ0n) is 15.8. The number of hydrogen-bond acceptors (Lipinski definition) is 6. The molecular formula is C18H20AsBrN4O6. The Hall–Kier alpha value is -2.43. The van der Waals surface area contributed by atoms with Crippen LogP contribution in [0, 0.1) is 0 Å². The molecule has 3 rings (SSSR count). The molecule has 0 spiro atoms. The van der Waals surface area contributed by atoms with Crippen LogP contribution in [0.5, 0.6) is 0 Å². The molecule has 1 aliphatic rings. The van der Waals surface area contributed by atoms with Gasteiger partial charge in [0.1, 0.15) is 5.69 Å². The van der Waals surface area contributed by atoms with Gasteiger partial charge in [-0.05, 0) is 6.07 Å². The van der Waals surface area contributed by atoms with Crippen molar-refractivity contribution in [3.63, 3.8) is 0 Å². The summed E-state index contributed by atoms with van der Waals surface area (Å²) in [6, 6.07) is 8.43. The molecule has 2 atom stereocenters. The second-order valence-corrected chi connectivity index (χ2v) is 11.4. The first-order valence-electron chi connectivity index (χ1n) is 8.50. The van der Waals surface area contributed by atoms with E-state index in [1.807, 2.05) is 0 Å². The number of carbonyl (C=O) groups is 2. The molecule has 30 heavy (non-hydrogen) atoms. The number of hydrogen-bond donors (Lipinski definition) is 5. The van der Waals surface area contributed by atoms with Crippen LogP contribution in [0.4, 0.5) is 0 Å². The predicted molar refractivity (Wildman–Crippen MR) is 111 cm³/mol. The third-order valence-corrected chi connectivity index (χ3v) is 8.50. The summed E-state index contributed by atoms with van der Waals surface area (Å²) in [5, 5.41) is 17.5. The van der Waals surface area contributed by atoms with E-state index in [2.05, 4.69) is 35.3 Å². The van der Waals surface area contributed by atoms with Gasteiger partial charge in [0, 0.05) is 6.20 Å². The number of aromatic amines is 1. The number of H-pyrrole nitrogens is 1. The van der Waals surface area contributed by atoms with E-state index in [1.165, 1.54) is 25.1 Å². The van der Waals surface area contributed by atoms with Gasteiger partial charge in [-0.1, -0.05) is 0 Å². The molecule has 0 saturated carbocycles. The molecule has 1 aliphatic carbocycles. The average molecular weight is 543 g/mol. The molecule has 0 radical (unpaired) electrons. The summed E-state index contributed by atoms with van der Waals surface area (Å²) < 4.78 is 26.0. The molecule has 160 valence electrons. The fourth-order valence-corrected chi connectivity index (χ4v) is 5.65. The number of primary amides is 1. The van der Waals surface area contributed by atoms with Crippen LogP contribution in [0.1, 0.15) is 29.4 Å². The first kappa shape index (κ1) is 23.8. The summed E-state index contributed by atoms with van der Waals surface area (Å²) in [6.45, 7) is 1.38. The Balaban J connectivity index is 0.000000335. The number of benzene rings is 1. The van der Waals surface area contributed by atoms with Crippen molar-refractivity contribution in [1.29, 1.82) is 0 Å². The third kappa shape index (κ3) is 5.58. The maximum Gasteiger partial charge on any atom is 0.269 e. The van der Waals surface area contributed by atoms with Crippen LogP contribution < -0.4 is 11.1 Å². The van der Waals surface area contributed by atoms with Crippen molar-refractivity contribution in [3.05, 3.63) is 76.2 Å². The predicted octanol–water partition coefficient (Wildman–Crippen LogP) is 1.57. The maximum atomic E-state index is 12.5. The van der Waals surface area contributed by atoms with Gasteiger partial charge < -0.3 is 5.73 Å². The van der Waals surface area contributed by atoms with Gasteiger partial charge >= 0.3 is 139 Å². The van der Waals surface area contributed by atoms with Gasteiger partial charge in [0.15, 0.2) is 0 Å². The topological polar surface area (TPSA) is 168 Å². The zero-order valence-corrected chi connectivity index (χ0v) is 19.2. The number of nitrogens with zero attached hydrogens (tertiary/aromatic N) is 1. The number of carbonyl (C=O) groups excluding carboxylic acids is 2. The molecule has 1 heterocycles. The van der Waals surface area contributed by atoms with Gasteiger partial charge in [-0.3, -0.25) is 9.89 Å². The van der Waals surface area contributed by atoms with Crippen molar-refractivity contribution < 1.29 is 26.6 Å². The SMILES string of the molecule is CC(=O)NC1=CCC(c2cccc(Br)c2)([As](=O)(O)OO)C=C1.NC(=O)c1cc[nH]n1. The van der Waals surface area contributed by atoms with E-state index in [9.17, 15) is 17.4 Å². The standard InChI is InChI=1S/C14H15AsBrNO5.C4H5N3O/c1-10(18)17-13-5-7-14(8-6-13,15(19,20)22-21)11-3-2-4-12(16)9-11;5-4(8)3-1-2-6-7-3/h2-7,9,21H,8H2,1H3,(H,17,18)(H,19,20);1-2H,(H2,5,8)(H,6,7). The van der Waals surface area contributed by atoms with Crippen molar-refractivity contribution in [1.82, 2.24) is 15.5 Å². The first-order valence-corrected chi connectivity index (χ1v) is 12.6. The Bertz CT molecular complexity index is 1020. The minimum absolute atomic E-state index is 0.114. The number of rotatable bonds is 5. The number of halogens is 1. The van der Waals surface area contributed by atoms with E-state index in [1.54, 1.807) is 36.5 Å². The summed E-state index contributed by atoms with van der Waals surface area (Å²) >= 11 is -1.79. The van der Waals surface area contributed by atoms with E-state index in [0.717, 1.165) is 4.47 Å². The molecule has 10 nitrogen and oxygen atoms in total. The van der Waals surface area contributed by atoms with Gasteiger partial charge in [-0.2, -0.15) is 5.10 Å². The average Bonchev–Trinajstić information content (AvgIpc) is 3.24. The monoisotopic (exact) mass is 542 g/mol. The molecule has 0 bridgehead atoms. The Morgan fingerprint density at radius 1 is 1.40 bits per heavy atom. The van der Waals surface area contributed by atoms with Gasteiger partial charge in [0.05, 0.1) is 0 Å². The number of amides is 2. The molecule has 1 aromatic carbocycles. The van der Waals surface area contributed by atoms with Gasteiger partial charge in [0.2, 0.25) is 0 Å². The van der Waals surface area contributed by atoms with Crippen molar-refractivity contribution in [2.45, 2.75) is 17.5 Å². The van der Waals surface area contributed by atoms with Crippen molar-refractivity contribution in [2.75, 3.05) is 0 Å². The van der Waals surface area contributed by atoms with E-state index < -0.39 is 24.3 Å². The Morgan fingerprint density at radius 3 is 2.57 bits per heavy atom. The minimum atomic E-state index is -5.11. The Kier molecular flexibility index (Phi) is 7.99. The maximum absolute atomic E-state index is 12.5. The van der Waals surface area contributed by atoms with Gasteiger partial charge in [-0.25, -0.2) is 0 Å². The van der Waals surface area contributed by atoms with Gasteiger partial charge in [-0.15, -0.1) is 0 Å². The normalized spacial score (nSPS) is 19.7. The largest absolute Gasteiger partial charge is 0.364 e. The molecule has 0 aliphatic heterocycles. The van der Waals surface area contributed by atoms with Gasteiger partial charge in [0.25, 0.3) is 5.91 Å². The fraction of sp³-hybridized carbons (Fsp3) is 0.167. The van der Waals surface area contributed by atoms with Crippen LogP contribution >= 0.6 is 15.9 Å². The summed E-state index contributed by atoms with van der Waals surface area (Å²) in [7, 11) is 0. The van der Waals surface area contributed by atoms with Crippen LogP contribution in [0.3, 0.4) is 0 Å². The van der Waals surface area contributed by atoms with Crippen molar-refractivity contribution >= 4 is 41.9 Å². The smallest absolute Gasteiger partial charge is 0.269 e. The second-order valence-electron chi connectivity index (χ2n) is 6.24. The molecule has 6 N–H and O–H groups in total. The molecule has 2 unspecified atom stereocenters. The van der Waals surface area contributed by atoms with Crippen LogP contribution in [0.25, 0.3) is 0 Å². The van der Waals surface area contributed by atoms with Crippen LogP contribution in [0.2, 0.25) is 0 Å². The fourth-order valence-electron chi connectivity index (χ4n) is 2.74. The number of aromatic nitrogens is 2. The number of nitrogens with two attached hydrogens (primary N) is 1. The molecule has 2 aromatic rings. The van der Waals surface area contributed by atoms with Crippen LogP contribution in [-0.2, 0) is 16.6 Å². The summed E-state index contributed by atoms with van der Waals surface area (Å²) in [4.78, 5) is 21.3. The van der Waals surface area contributed by atoms with E-state index >= 15 is 0 Å². The molecule has 12 heteroatoms. The van der Waals surface area contributed by atoms with Crippen LogP contribution in [-0.4, -0.2) is 45.5 Å². The van der Waals surface area contributed by atoms with E-state index in [0.29, 0.717) is 11.3 Å². The first-order chi connectivity index (χ1) is 14.1. The Labute approximate surface area is 183 Å². The quantitative estimate of drug-likeness (QED) is 0.217. The number of allylic oxidation sites excluding steroid dienone is 3. The third-order valence-electron chi connectivity index (χ3n) is 4.18. The van der Waals surface area contributed by atoms with Crippen LogP contribution in [0.15, 0.2) is 64.9 Å². The van der Waals surface area contributed by atoms with Crippen molar-refractivity contribution in [2.24, 2.45) is 5.73 Å². The van der Waals surface area contributed by atoms with E-state index in [4.69, 9.17) is 11.0 Å². The molecule has 0 fully saturated rings.